The Hall–Kier alpha value is -1.81. The van der Waals surface area contributed by atoms with Gasteiger partial charge in [0.15, 0.2) is 0 Å². The number of fused-ring (bicyclic) bond motifs is 1. The summed E-state index contributed by atoms with van der Waals surface area (Å²) in [5.41, 5.74) is 5.18. The highest BCUT2D eigenvalue weighted by Crippen LogP contribution is 2.35. The molecule has 2 aromatic rings. The van der Waals surface area contributed by atoms with E-state index in [9.17, 15) is 4.79 Å². The van der Waals surface area contributed by atoms with Gasteiger partial charge in [0.1, 0.15) is 0 Å². The number of carboxylic acid groups (broad SMARTS) is 1. The summed E-state index contributed by atoms with van der Waals surface area (Å²) >= 11 is 3.36. The van der Waals surface area contributed by atoms with Gasteiger partial charge in [0.05, 0.1) is 5.56 Å². The zero-order valence-corrected chi connectivity index (χ0v) is 13.4. The molecule has 3 nitrogen and oxygen atoms in total. The first kappa shape index (κ1) is 14.1. The first-order valence-corrected chi connectivity index (χ1v) is 7.75. The number of aromatic carboxylic acids is 1. The summed E-state index contributed by atoms with van der Waals surface area (Å²) in [7, 11) is 0. The maximum Gasteiger partial charge on any atom is 0.336 e. The van der Waals surface area contributed by atoms with Crippen molar-refractivity contribution in [2.24, 2.45) is 0 Å². The Morgan fingerprint density at radius 3 is 2.76 bits per heavy atom. The van der Waals surface area contributed by atoms with Crippen LogP contribution in [0.3, 0.4) is 0 Å². The van der Waals surface area contributed by atoms with Gasteiger partial charge in [-0.05, 0) is 65.5 Å². The quantitative estimate of drug-likeness (QED) is 0.868. The Kier molecular flexibility index (Phi) is 3.72. The van der Waals surface area contributed by atoms with Gasteiger partial charge in [-0.3, -0.25) is 0 Å². The first-order valence-electron chi connectivity index (χ1n) is 6.96. The SMILES string of the molecule is Cc1ccc2c(c1)CCCN2c1ccc(C(=O)O)c(Br)c1. The van der Waals surface area contributed by atoms with E-state index in [0.717, 1.165) is 25.1 Å². The summed E-state index contributed by atoms with van der Waals surface area (Å²) in [6, 6.07) is 11.9. The van der Waals surface area contributed by atoms with Gasteiger partial charge in [-0.25, -0.2) is 4.79 Å². The third-order valence-corrected chi connectivity index (χ3v) is 4.50. The van der Waals surface area contributed by atoms with Crippen molar-refractivity contribution in [3.05, 3.63) is 57.6 Å². The first-order chi connectivity index (χ1) is 10.1. The van der Waals surface area contributed by atoms with Gasteiger partial charge >= 0.3 is 5.97 Å². The summed E-state index contributed by atoms with van der Waals surface area (Å²) in [6.45, 7) is 3.06. The number of benzene rings is 2. The second kappa shape index (κ2) is 5.53. The van der Waals surface area contributed by atoms with Crippen LogP contribution in [0.1, 0.15) is 27.9 Å². The molecule has 0 aliphatic carbocycles. The molecule has 4 heteroatoms. The molecule has 1 aliphatic heterocycles. The zero-order chi connectivity index (χ0) is 15.0. The van der Waals surface area contributed by atoms with Gasteiger partial charge in [-0.2, -0.15) is 0 Å². The summed E-state index contributed by atoms with van der Waals surface area (Å²) in [5.74, 6) is -0.914. The number of halogens is 1. The zero-order valence-electron chi connectivity index (χ0n) is 11.8. The van der Waals surface area contributed by atoms with Gasteiger partial charge in [0, 0.05) is 22.4 Å². The molecule has 21 heavy (non-hydrogen) atoms. The molecule has 0 spiro atoms. The molecule has 0 unspecified atom stereocenters. The van der Waals surface area contributed by atoms with Crippen molar-refractivity contribution in [3.63, 3.8) is 0 Å². The average Bonchev–Trinajstić information content (AvgIpc) is 2.45. The molecular weight excluding hydrogens is 330 g/mol. The van der Waals surface area contributed by atoms with Crippen molar-refractivity contribution in [2.45, 2.75) is 19.8 Å². The molecule has 3 rings (SSSR count). The van der Waals surface area contributed by atoms with Crippen LogP contribution in [-0.2, 0) is 6.42 Å². The Balaban J connectivity index is 2.03. The highest BCUT2D eigenvalue weighted by molar-refractivity contribution is 9.10. The number of carboxylic acids is 1. The predicted molar refractivity (Wildman–Crippen MR) is 87.6 cm³/mol. The van der Waals surface area contributed by atoms with E-state index in [1.165, 1.54) is 16.8 Å². The molecule has 0 aromatic heterocycles. The Bertz CT molecular complexity index is 712. The molecule has 2 aromatic carbocycles. The smallest absolute Gasteiger partial charge is 0.336 e. The fraction of sp³-hybridized carbons (Fsp3) is 0.235. The molecular formula is C17H16BrNO2. The maximum atomic E-state index is 11.1. The minimum absolute atomic E-state index is 0.292. The third-order valence-electron chi connectivity index (χ3n) is 3.85. The molecule has 0 radical (unpaired) electrons. The van der Waals surface area contributed by atoms with Crippen molar-refractivity contribution >= 4 is 33.3 Å². The van der Waals surface area contributed by atoms with E-state index in [2.05, 4.69) is 46.0 Å². The highest BCUT2D eigenvalue weighted by atomic mass is 79.9. The second-order valence-corrected chi connectivity index (χ2v) is 6.21. The number of hydrogen-bond donors (Lipinski definition) is 1. The van der Waals surface area contributed by atoms with Gasteiger partial charge in [-0.15, -0.1) is 0 Å². The van der Waals surface area contributed by atoms with Crippen LogP contribution in [0, 0.1) is 6.92 Å². The number of hydrogen-bond acceptors (Lipinski definition) is 2. The maximum absolute atomic E-state index is 11.1. The van der Waals surface area contributed by atoms with E-state index in [4.69, 9.17) is 5.11 Å². The molecule has 0 saturated heterocycles. The van der Waals surface area contributed by atoms with E-state index >= 15 is 0 Å². The van der Waals surface area contributed by atoms with Crippen molar-refractivity contribution in [1.29, 1.82) is 0 Å². The van der Waals surface area contributed by atoms with Crippen molar-refractivity contribution in [1.82, 2.24) is 0 Å². The fourth-order valence-corrected chi connectivity index (χ4v) is 3.38. The van der Waals surface area contributed by atoms with Crippen molar-refractivity contribution in [2.75, 3.05) is 11.4 Å². The average molecular weight is 346 g/mol. The largest absolute Gasteiger partial charge is 0.478 e. The van der Waals surface area contributed by atoms with E-state index in [0.29, 0.717) is 10.0 Å². The lowest BCUT2D eigenvalue weighted by Gasteiger charge is -2.32. The van der Waals surface area contributed by atoms with E-state index in [1.807, 2.05) is 12.1 Å². The monoisotopic (exact) mass is 345 g/mol. The number of carbonyl (C=O) groups is 1. The van der Waals surface area contributed by atoms with Gasteiger partial charge < -0.3 is 10.0 Å². The Morgan fingerprint density at radius 2 is 2.05 bits per heavy atom. The van der Waals surface area contributed by atoms with Crippen LogP contribution in [0.5, 0.6) is 0 Å². The fourth-order valence-electron chi connectivity index (χ4n) is 2.84. The predicted octanol–water partition coefficient (Wildman–Crippen LogP) is 4.54. The van der Waals surface area contributed by atoms with Crippen LogP contribution in [0.2, 0.25) is 0 Å². The lowest BCUT2D eigenvalue weighted by atomic mass is 9.99. The van der Waals surface area contributed by atoms with Crippen LogP contribution in [-0.4, -0.2) is 17.6 Å². The van der Waals surface area contributed by atoms with Gasteiger partial charge in [0.2, 0.25) is 0 Å². The molecule has 0 atom stereocenters. The molecule has 0 fully saturated rings. The molecule has 1 aliphatic rings. The summed E-state index contributed by atoms with van der Waals surface area (Å²) in [6.07, 6.45) is 2.21. The van der Waals surface area contributed by atoms with Crippen molar-refractivity contribution in [3.8, 4) is 0 Å². The lowest BCUT2D eigenvalue weighted by Crippen LogP contribution is -2.24. The third kappa shape index (κ3) is 2.68. The Morgan fingerprint density at radius 1 is 1.24 bits per heavy atom. The van der Waals surface area contributed by atoms with Crippen LogP contribution in [0.15, 0.2) is 40.9 Å². The molecule has 1 N–H and O–H groups in total. The summed E-state index contributed by atoms with van der Waals surface area (Å²) in [4.78, 5) is 13.4. The number of aryl methyl sites for hydroxylation is 2. The second-order valence-electron chi connectivity index (χ2n) is 5.36. The summed E-state index contributed by atoms with van der Waals surface area (Å²) in [5, 5.41) is 9.11. The minimum atomic E-state index is -0.914. The number of rotatable bonds is 2. The summed E-state index contributed by atoms with van der Waals surface area (Å²) < 4.78 is 0.617. The molecule has 1 heterocycles. The lowest BCUT2D eigenvalue weighted by molar-refractivity contribution is 0.0696. The van der Waals surface area contributed by atoms with E-state index in [-0.39, 0.29) is 0 Å². The molecule has 0 amide bonds. The van der Waals surface area contributed by atoms with Crippen molar-refractivity contribution < 1.29 is 9.90 Å². The Labute approximate surface area is 132 Å². The number of anilines is 2. The molecule has 108 valence electrons. The number of nitrogens with zero attached hydrogens (tertiary/aromatic N) is 1. The topological polar surface area (TPSA) is 40.5 Å². The minimum Gasteiger partial charge on any atom is -0.478 e. The van der Waals surface area contributed by atoms with E-state index < -0.39 is 5.97 Å². The van der Waals surface area contributed by atoms with Gasteiger partial charge in [-0.1, -0.05) is 17.7 Å². The normalized spacial score (nSPS) is 13.9. The van der Waals surface area contributed by atoms with Gasteiger partial charge in [0.25, 0.3) is 0 Å². The molecule has 0 saturated carbocycles. The molecule has 0 bridgehead atoms. The van der Waals surface area contributed by atoms with Crippen LogP contribution in [0.25, 0.3) is 0 Å². The van der Waals surface area contributed by atoms with Crippen LogP contribution >= 0.6 is 15.9 Å². The van der Waals surface area contributed by atoms with Crippen LogP contribution < -0.4 is 4.90 Å². The highest BCUT2D eigenvalue weighted by Gasteiger charge is 2.19. The standard InChI is InChI=1S/C17H16BrNO2/c1-11-4-7-16-12(9-11)3-2-8-19(16)13-5-6-14(17(20)21)15(18)10-13/h4-7,9-10H,2-3,8H2,1H3,(H,20,21). The van der Waals surface area contributed by atoms with Crippen LogP contribution in [0.4, 0.5) is 11.4 Å². The van der Waals surface area contributed by atoms with E-state index in [1.54, 1.807) is 6.07 Å².